The Balaban J connectivity index is 1.12. The molecule has 3 aliphatic rings. The van der Waals surface area contributed by atoms with Gasteiger partial charge in [-0.2, -0.15) is 0 Å². The molecular weight excluding hydrogens is 711 g/mol. The summed E-state index contributed by atoms with van der Waals surface area (Å²) >= 11 is 0. The molecule has 2 atom stereocenters. The highest BCUT2D eigenvalue weighted by Crippen LogP contribution is 2.63. The van der Waals surface area contributed by atoms with Gasteiger partial charge in [0.25, 0.3) is 0 Å². The number of hydrogen-bond acceptors (Lipinski definition) is 5. The molecule has 58 heavy (non-hydrogen) atoms. The van der Waals surface area contributed by atoms with E-state index in [4.69, 9.17) is 4.74 Å². The molecule has 0 amide bonds. The van der Waals surface area contributed by atoms with E-state index >= 15 is 0 Å². The molecule has 2 unspecified atom stereocenters. The molecule has 8 aromatic carbocycles. The summed E-state index contributed by atoms with van der Waals surface area (Å²) in [6, 6.07) is 71.9. The number of nitrogens with one attached hydrogen (secondary N) is 3. The maximum atomic E-state index is 7.09. The van der Waals surface area contributed by atoms with Gasteiger partial charge in [0, 0.05) is 33.7 Å². The van der Waals surface area contributed by atoms with Crippen LogP contribution in [0.3, 0.4) is 0 Å². The van der Waals surface area contributed by atoms with Gasteiger partial charge >= 0.3 is 0 Å². The number of benzene rings is 8. The molecule has 0 saturated carbocycles. The van der Waals surface area contributed by atoms with Gasteiger partial charge in [-0.1, -0.05) is 152 Å². The number of anilines is 3. The summed E-state index contributed by atoms with van der Waals surface area (Å²) < 4.78 is 9.52. The second-order valence-corrected chi connectivity index (χ2v) is 15.4. The van der Waals surface area contributed by atoms with Gasteiger partial charge in [0.2, 0.25) is 0 Å². The molecule has 4 heterocycles. The lowest BCUT2D eigenvalue weighted by atomic mass is 9.61. The Labute approximate surface area is 337 Å². The number of rotatable bonds is 4. The van der Waals surface area contributed by atoms with Crippen LogP contribution in [0.5, 0.6) is 11.5 Å². The zero-order valence-electron chi connectivity index (χ0n) is 31.6. The molecule has 0 radical (unpaired) electrons. The maximum absolute atomic E-state index is 7.09. The van der Waals surface area contributed by atoms with E-state index in [9.17, 15) is 0 Å². The second kappa shape index (κ2) is 13.0. The van der Waals surface area contributed by atoms with E-state index in [2.05, 4.69) is 226 Å². The van der Waals surface area contributed by atoms with E-state index in [0.717, 1.165) is 50.7 Å². The molecule has 278 valence electrons. The predicted octanol–water partition coefficient (Wildman–Crippen LogP) is 11.7. The van der Waals surface area contributed by atoms with Crippen LogP contribution in [-0.2, 0) is 5.41 Å². The van der Waals surface area contributed by atoms with Crippen LogP contribution in [0.1, 0.15) is 52.0 Å². The summed E-state index contributed by atoms with van der Waals surface area (Å²) in [6.07, 6.45) is -0.487. The van der Waals surface area contributed by atoms with Gasteiger partial charge < -0.3 is 14.2 Å². The molecule has 6 nitrogen and oxygen atoms in total. The molecule has 0 aliphatic carbocycles. The van der Waals surface area contributed by atoms with Crippen molar-refractivity contribution >= 4 is 38.9 Å². The minimum Gasteiger partial charge on any atom is -0.457 e. The van der Waals surface area contributed by atoms with Gasteiger partial charge in [0.05, 0.1) is 40.2 Å². The first-order valence-electron chi connectivity index (χ1n) is 20.0. The molecule has 3 aliphatic heterocycles. The quantitative estimate of drug-likeness (QED) is 0.167. The summed E-state index contributed by atoms with van der Waals surface area (Å²) in [5.41, 5.74) is 12.0. The highest BCUT2D eigenvalue weighted by molar-refractivity contribution is 6.09. The summed E-state index contributed by atoms with van der Waals surface area (Å²) in [4.78, 5) is 2.42. The SMILES string of the molecule is c1ccc(C2NC(c3ccccc3)NC(n3c4ccccc4c4cc5c(cc43)Oc3ccccc3C53c4ccccc4N(c4ccccc4)c4ccccc43)N2)cc1. The fraction of sp³-hybridized carbons (Fsp3) is 0.0769. The second-order valence-electron chi connectivity index (χ2n) is 15.4. The number of aromatic nitrogens is 1. The summed E-state index contributed by atoms with van der Waals surface area (Å²) in [5.74, 6) is 1.71. The minimum atomic E-state index is -0.665. The first kappa shape index (κ1) is 33.2. The Bertz CT molecular complexity index is 2900. The third kappa shape index (κ3) is 4.83. The van der Waals surface area contributed by atoms with Crippen molar-refractivity contribution in [1.82, 2.24) is 20.5 Å². The summed E-state index contributed by atoms with van der Waals surface area (Å²) in [6.45, 7) is 0. The normalized spacial score (nSPS) is 18.9. The average molecular weight is 750 g/mol. The Morgan fingerprint density at radius 1 is 0.414 bits per heavy atom. The van der Waals surface area contributed by atoms with Crippen LogP contribution in [-0.4, -0.2) is 4.57 Å². The number of nitrogens with zero attached hydrogens (tertiary/aromatic N) is 2. The zero-order valence-corrected chi connectivity index (χ0v) is 31.6. The van der Waals surface area contributed by atoms with Crippen LogP contribution in [0.2, 0.25) is 0 Å². The highest BCUT2D eigenvalue weighted by atomic mass is 16.5. The third-order valence-corrected chi connectivity index (χ3v) is 12.3. The number of fused-ring (bicyclic) bond motifs is 11. The van der Waals surface area contributed by atoms with Crippen LogP contribution in [0.25, 0.3) is 21.8 Å². The van der Waals surface area contributed by atoms with E-state index < -0.39 is 5.41 Å². The van der Waals surface area contributed by atoms with E-state index in [-0.39, 0.29) is 18.6 Å². The van der Waals surface area contributed by atoms with Crippen LogP contribution >= 0.6 is 0 Å². The van der Waals surface area contributed by atoms with Crippen LogP contribution in [0.4, 0.5) is 17.1 Å². The fourth-order valence-corrected chi connectivity index (χ4v) is 9.94. The molecule has 9 aromatic rings. The van der Waals surface area contributed by atoms with Crippen molar-refractivity contribution in [2.75, 3.05) is 4.90 Å². The van der Waals surface area contributed by atoms with Crippen LogP contribution in [0.15, 0.2) is 200 Å². The monoisotopic (exact) mass is 749 g/mol. The van der Waals surface area contributed by atoms with Crippen molar-refractivity contribution in [3.63, 3.8) is 0 Å². The summed E-state index contributed by atoms with van der Waals surface area (Å²) in [5, 5.41) is 14.1. The average Bonchev–Trinajstić information content (AvgIpc) is 3.62. The first-order valence-corrected chi connectivity index (χ1v) is 20.0. The molecule has 1 saturated heterocycles. The lowest BCUT2D eigenvalue weighted by molar-refractivity contribution is 0.161. The molecule has 1 fully saturated rings. The smallest absolute Gasteiger partial charge is 0.142 e. The van der Waals surface area contributed by atoms with Crippen LogP contribution in [0, 0.1) is 0 Å². The lowest BCUT2D eigenvalue weighted by Gasteiger charge is -2.48. The Morgan fingerprint density at radius 3 is 1.60 bits per heavy atom. The Hall–Kier alpha value is -6.96. The largest absolute Gasteiger partial charge is 0.457 e. The number of hydrogen-bond donors (Lipinski definition) is 3. The van der Waals surface area contributed by atoms with Gasteiger partial charge in [-0.25, -0.2) is 0 Å². The number of ether oxygens (including phenoxy) is 1. The molecule has 12 rings (SSSR count). The Morgan fingerprint density at radius 2 is 0.948 bits per heavy atom. The Kier molecular flexibility index (Phi) is 7.47. The zero-order chi connectivity index (χ0) is 38.2. The van der Waals surface area contributed by atoms with Gasteiger partial charge in [-0.3, -0.25) is 16.0 Å². The number of para-hydroxylation sites is 5. The third-order valence-electron chi connectivity index (χ3n) is 12.3. The van der Waals surface area contributed by atoms with Crippen LogP contribution < -0.4 is 25.6 Å². The van der Waals surface area contributed by atoms with E-state index in [1.165, 1.54) is 33.0 Å². The molecule has 0 bridgehead atoms. The predicted molar refractivity (Wildman–Crippen MR) is 233 cm³/mol. The maximum Gasteiger partial charge on any atom is 0.142 e. The van der Waals surface area contributed by atoms with Gasteiger partial charge in [-0.15, -0.1) is 0 Å². The van der Waals surface area contributed by atoms with Gasteiger partial charge in [0.1, 0.15) is 17.8 Å². The first-order chi connectivity index (χ1) is 28.8. The highest BCUT2D eigenvalue weighted by Gasteiger charge is 2.51. The van der Waals surface area contributed by atoms with Crippen molar-refractivity contribution in [2.24, 2.45) is 0 Å². The summed E-state index contributed by atoms with van der Waals surface area (Å²) in [7, 11) is 0. The minimum absolute atomic E-state index is 0.110. The van der Waals surface area contributed by atoms with Crippen molar-refractivity contribution in [3.05, 3.63) is 234 Å². The molecule has 1 spiro atoms. The molecule has 3 N–H and O–H groups in total. The van der Waals surface area contributed by atoms with E-state index in [1.807, 2.05) is 0 Å². The molecule has 6 heteroatoms. The van der Waals surface area contributed by atoms with E-state index in [1.54, 1.807) is 0 Å². The molecular formula is C52H39N5O. The fourth-order valence-electron chi connectivity index (χ4n) is 9.94. The van der Waals surface area contributed by atoms with Crippen molar-refractivity contribution in [2.45, 2.75) is 24.0 Å². The van der Waals surface area contributed by atoms with Crippen molar-refractivity contribution in [3.8, 4) is 11.5 Å². The lowest BCUT2D eigenvalue weighted by Crippen LogP contribution is -2.56. The topological polar surface area (TPSA) is 53.5 Å². The standard InChI is InChI=1S/C52H39N5O/c1-4-18-34(19-5-1)49-53-50(35-20-6-2-7-21-35)55-51(54-49)57-43-28-14-10-24-37(43)38-32-42-48(33-46(38)57)58-47-31-17-13-27-41(47)52(42)39-25-11-15-29-44(39)56(36-22-8-3-9-23-36)45-30-16-12-26-40(45)52/h1-33,49-51,53-55H. The van der Waals surface area contributed by atoms with E-state index in [0.29, 0.717) is 0 Å². The van der Waals surface area contributed by atoms with Crippen molar-refractivity contribution in [1.29, 1.82) is 0 Å². The molecule has 1 aromatic heterocycles. The van der Waals surface area contributed by atoms with Gasteiger partial charge in [0.15, 0.2) is 0 Å². The van der Waals surface area contributed by atoms with Gasteiger partial charge in [-0.05, 0) is 64.7 Å². The van der Waals surface area contributed by atoms with Crippen molar-refractivity contribution < 1.29 is 4.74 Å².